The number of carbonyl (C=O) groups is 2. The van der Waals surface area contributed by atoms with Gasteiger partial charge in [-0.2, -0.15) is 26.3 Å². The number of carbonyl (C=O) groups excluding carboxylic acids is 2. The second-order valence-corrected chi connectivity index (χ2v) is 10.3. The van der Waals surface area contributed by atoms with E-state index in [1.807, 2.05) is 29.2 Å². The van der Waals surface area contributed by atoms with Crippen molar-refractivity contribution in [3.8, 4) is 0 Å². The first-order valence-electron chi connectivity index (χ1n) is 13.3. The van der Waals surface area contributed by atoms with Crippen LogP contribution in [0.2, 0.25) is 0 Å². The Morgan fingerprint density at radius 3 is 2.21 bits per heavy atom. The van der Waals surface area contributed by atoms with Crippen molar-refractivity contribution in [2.75, 3.05) is 29.9 Å². The fourth-order valence-electron chi connectivity index (χ4n) is 5.17. The smallest absolute Gasteiger partial charge is 0.376 e. The van der Waals surface area contributed by atoms with E-state index in [4.69, 9.17) is 4.74 Å². The number of rotatable bonds is 6. The average molecular weight is 592 g/mol. The van der Waals surface area contributed by atoms with Crippen molar-refractivity contribution in [2.24, 2.45) is 0 Å². The zero-order valence-electron chi connectivity index (χ0n) is 22.2. The SMILES string of the molecule is O=C(Nc1ccc(N2CCc3ccccc3C2)c(C(=O)NCC2CCCO2)c1)c1cc(C(F)(F)F)cc(C(F)(F)F)c1. The molecule has 1 atom stereocenters. The van der Waals surface area contributed by atoms with Crippen LogP contribution in [0, 0.1) is 0 Å². The van der Waals surface area contributed by atoms with Crippen LogP contribution in [0.25, 0.3) is 0 Å². The lowest BCUT2D eigenvalue weighted by atomic mass is 9.98. The maximum absolute atomic E-state index is 13.4. The minimum atomic E-state index is -5.10. The van der Waals surface area contributed by atoms with Crippen LogP contribution >= 0.6 is 0 Å². The molecule has 0 aromatic heterocycles. The van der Waals surface area contributed by atoms with Crippen LogP contribution in [-0.2, 0) is 30.1 Å². The summed E-state index contributed by atoms with van der Waals surface area (Å²) in [5.41, 5.74) is -0.920. The van der Waals surface area contributed by atoms with Crippen molar-refractivity contribution in [1.82, 2.24) is 5.32 Å². The normalized spacial score (nSPS) is 17.1. The minimum absolute atomic E-state index is 0.0365. The van der Waals surface area contributed by atoms with Gasteiger partial charge in [-0.25, -0.2) is 0 Å². The lowest BCUT2D eigenvalue weighted by Gasteiger charge is -2.32. The van der Waals surface area contributed by atoms with Crippen LogP contribution in [0.4, 0.5) is 37.7 Å². The van der Waals surface area contributed by atoms with Crippen molar-refractivity contribution in [2.45, 2.75) is 44.3 Å². The second-order valence-electron chi connectivity index (χ2n) is 10.3. The van der Waals surface area contributed by atoms with Gasteiger partial charge in [0, 0.05) is 43.2 Å². The third-order valence-electron chi connectivity index (χ3n) is 7.33. The van der Waals surface area contributed by atoms with E-state index in [1.54, 1.807) is 6.07 Å². The zero-order chi connectivity index (χ0) is 30.1. The predicted octanol–water partition coefficient (Wildman–Crippen LogP) is 6.45. The Kier molecular flexibility index (Phi) is 8.18. The molecule has 0 bridgehead atoms. The summed E-state index contributed by atoms with van der Waals surface area (Å²) in [5.74, 6) is -1.63. The highest BCUT2D eigenvalue weighted by Crippen LogP contribution is 2.37. The number of alkyl halides is 6. The van der Waals surface area contributed by atoms with E-state index in [0.29, 0.717) is 37.5 Å². The molecule has 0 radical (unpaired) electrons. The highest BCUT2D eigenvalue weighted by molar-refractivity contribution is 6.06. The van der Waals surface area contributed by atoms with Gasteiger partial charge in [-0.05, 0) is 66.8 Å². The lowest BCUT2D eigenvalue weighted by molar-refractivity contribution is -0.143. The molecule has 0 spiro atoms. The number of nitrogens with zero attached hydrogens (tertiary/aromatic N) is 1. The van der Waals surface area contributed by atoms with Crippen molar-refractivity contribution in [3.63, 3.8) is 0 Å². The molecule has 3 aromatic rings. The number of hydrogen-bond donors (Lipinski definition) is 2. The number of fused-ring (bicyclic) bond motifs is 1. The van der Waals surface area contributed by atoms with E-state index in [2.05, 4.69) is 10.6 Å². The maximum atomic E-state index is 13.4. The molecule has 222 valence electrons. The Bertz CT molecular complexity index is 1450. The monoisotopic (exact) mass is 591 g/mol. The zero-order valence-corrected chi connectivity index (χ0v) is 22.2. The Labute approximate surface area is 237 Å². The van der Waals surface area contributed by atoms with E-state index >= 15 is 0 Å². The average Bonchev–Trinajstić information content (AvgIpc) is 3.48. The molecule has 1 saturated heterocycles. The molecular formula is C30H27F6N3O3. The van der Waals surface area contributed by atoms with Gasteiger partial charge in [-0.1, -0.05) is 24.3 Å². The molecule has 42 heavy (non-hydrogen) atoms. The van der Waals surface area contributed by atoms with Gasteiger partial charge in [-0.15, -0.1) is 0 Å². The predicted molar refractivity (Wildman–Crippen MR) is 143 cm³/mol. The Morgan fingerprint density at radius 1 is 0.881 bits per heavy atom. The van der Waals surface area contributed by atoms with Crippen LogP contribution in [0.5, 0.6) is 0 Å². The first-order valence-corrected chi connectivity index (χ1v) is 13.3. The summed E-state index contributed by atoms with van der Waals surface area (Å²) in [6.45, 7) is 2.01. The van der Waals surface area contributed by atoms with E-state index in [1.165, 1.54) is 17.7 Å². The topological polar surface area (TPSA) is 70.7 Å². The molecule has 2 amide bonds. The van der Waals surface area contributed by atoms with E-state index in [-0.39, 0.29) is 30.0 Å². The number of ether oxygens (including phenoxy) is 1. The number of amides is 2. The molecule has 2 aliphatic rings. The Morgan fingerprint density at radius 2 is 1.57 bits per heavy atom. The van der Waals surface area contributed by atoms with Crippen LogP contribution in [0.3, 0.4) is 0 Å². The third kappa shape index (κ3) is 6.70. The number of anilines is 2. The van der Waals surface area contributed by atoms with Gasteiger partial charge < -0.3 is 20.3 Å². The van der Waals surface area contributed by atoms with Crippen molar-refractivity contribution in [1.29, 1.82) is 0 Å². The largest absolute Gasteiger partial charge is 0.416 e. The number of benzene rings is 3. The van der Waals surface area contributed by atoms with Gasteiger partial charge in [0.15, 0.2) is 0 Å². The van der Waals surface area contributed by atoms with Crippen molar-refractivity contribution in [3.05, 3.63) is 94.0 Å². The molecule has 12 heteroatoms. The maximum Gasteiger partial charge on any atom is 0.416 e. The Hall–Kier alpha value is -4.06. The molecule has 5 rings (SSSR count). The Balaban J connectivity index is 1.44. The summed E-state index contributed by atoms with van der Waals surface area (Å²) in [6.07, 6.45) is -7.91. The molecule has 0 aliphatic carbocycles. The van der Waals surface area contributed by atoms with Gasteiger partial charge in [0.1, 0.15) is 0 Å². The molecule has 6 nitrogen and oxygen atoms in total. The fraction of sp³-hybridized carbons (Fsp3) is 0.333. The van der Waals surface area contributed by atoms with Crippen molar-refractivity contribution < 1.29 is 40.7 Å². The number of nitrogens with one attached hydrogen (secondary N) is 2. The molecule has 2 aliphatic heterocycles. The van der Waals surface area contributed by atoms with Gasteiger partial charge in [0.05, 0.1) is 22.8 Å². The quantitative estimate of drug-likeness (QED) is 0.324. The van der Waals surface area contributed by atoms with Gasteiger partial charge in [-0.3, -0.25) is 9.59 Å². The molecule has 3 aromatic carbocycles. The summed E-state index contributed by atoms with van der Waals surface area (Å²) in [5, 5.41) is 5.20. The van der Waals surface area contributed by atoms with Gasteiger partial charge in [0.2, 0.25) is 0 Å². The minimum Gasteiger partial charge on any atom is -0.376 e. The summed E-state index contributed by atoms with van der Waals surface area (Å²) >= 11 is 0. The fourth-order valence-corrected chi connectivity index (χ4v) is 5.17. The highest BCUT2D eigenvalue weighted by Gasteiger charge is 2.37. The summed E-state index contributed by atoms with van der Waals surface area (Å²) in [7, 11) is 0. The first kappa shape index (κ1) is 29.4. The highest BCUT2D eigenvalue weighted by atomic mass is 19.4. The van der Waals surface area contributed by atoms with E-state index in [9.17, 15) is 35.9 Å². The number of halogens is 6. The van der Waals surface area contributed by atoms with Crippen LogP contribution < -0.4 is 15.5 Å². The van der Waals surface area contributed by atoms with Gasteiger partial charge >= 0.3 is 12.4 Å². The molecular weight excluding hydrogens is 564 g/mol. The summed E-state index contributed by atoms with van der Waals surface area (Å²) < 4.78 is 85.4. The lowest BCUT2D eigenvalue weighted by Crippen LogP contribution is -2.35. The van der Waals surface area contributed by atoms with Crippen LogP contribution in [-0.4, -0.2) is 37.6 Å². The van der Waals surface area contributed by atoms with Crippen LogP contribution in [0.1, 0.15) is 55.8 Å². The first-order chi connectivity index (χ1) is 19.9. The molecule has 2 heterocycles. The second kappa shape index (κ2) is 11.7. The third-order valence-corrected chi connectivity index (χ3v) is 7.33. The van der Waals surface area contributed by atoms with Gasteiger partial charge in [0.25, 0.3) is 11.8 Å². The summed E-state index contributed by atoms with van der Waals surface area (Å²) in [6, 6.07) is 13.0. The number of hydrogen-bond acceptors (Lipinski definition) is 4. The molecule has 2 N–H and O–H groups in total. The summed E-state index contributed by atoms with van der Waals surface area (Å²) in [4.78, 5) is 28.3. The molecule has 1 fully saturated rings. The van der Waals surface area contributed by atoms with Crippen molar-refractivity contribution >= 4 is 23.2 Å². The van der Waals surface area contributed by atoms with E-state index in [0.717, 1.165) is 24.8 Å². The molecule has 0 saturated carbocycles. The van der Waals surface area contributed by atoms with Crippen LogP contribution in [0.15, 0.2) is 60.7 Å². The van der Waals surface area contributed by atoms with E-state index < -0.39 is 40.9 Å². The standard InChI is InChI=1S/C30H27F6N3O3/c31-29(32,33)21-12-20(13-22(14-21)30(34,35)36)27(40)38-23-7-8-26(39-10-9-18-4-1-2-5-19(18)17-39)25(15-23)28(41)37-16-24-6-3-11-42-24/h1-2,4-5,7-8,12-15,24H,3,6,9-11,16-17H2,(H,37,41)(H,38,40). The molecule has 1 unspecified atom stereocenters.